The maximum Gasteiger partial charge on any atom is 0.266 e. The van der Waals surface area contributed by atoms with Crippen molar-refractivity contribution in [2.45, 2.75) is 44.8 Å². The monoisotopic (exact) mass is 464 g/mol. The number of nitrogens with zero attached hydrogens (tertiary/aromatic N) is 3. The van der Waals surface area contributed by atoms with Crippen LogP contribution in [0.25, 0.3) is 0 Å². The molecular formula is C23H27ClF2N4O2. The molecule has 172 valence electrons. The van der Waals surface area contributed by atoms with E-state index in [9.17, 15) is 13.6 Å². The van der Waals surface area contributed by atoms with Crippen molar-refractivity contribution >= 4 is 29.0 Å². The van der Waals surface area contributed by atoms with Crippen LogP contribution < -0.4 is 19.9 Å². The summed E-state index contributed by atoms with van der Waals surface area (Å²) in [5.74, 6) is -1.60. The maximum absolute atomic E-state index is 13.6. The molecule has 2 fully saturated rings. The Hall–Kier alpha value is -2.61. The summed E-state index contributed by atoms with van der Waals surface area (Å²) in [7, 11) is 0. The van der Waals surface area contributed by atoms with Gasteiger partial charge in [0.2, 0.25) is 5.91 Å². The molecule has 2 aliphatic rings. The molecule has 2 atom stereocenters. The van der Waals surface area contributed by atoms with Crippen LogP contribution >= 0.6 is 11.6 Å². The first kappa shape index (κ1) is 22.6. The lowest BCUT2D eigenvalue weighted by Gasteiger charge is -2.24. The Morgan fingerprint density at radius 2 is 2.00 bits per heavy atom. The number of amides is 1. The highest BCUT2D eigenvalue weighted by Crippen LogP contribution is 2.39. The van der Waals surface area contributed by atoms with Crippen LogP contribution in [-0.4, -0.2) is 49.1 Å². The van der Waals surface area contributed by atoms with Crippen molar-refractivity contribution < 1.29 is 18.3 Å². The van der Waals surface area contributed by atoms with Crippen LogP contribution in [0, 0.1) is 0 Å². The van der Waals surface area contributed by atoms with E-state index >= 15 is 0 Å². The number of nitrogens with one attached hydrogen (secondary N) is 1. The number of alkyl halides is 2. The van der Waals surface area contributed by atoms with E-state index < -0.39 is 5.92 Å². The van der Waals surface area contributed by atoms with Crippen molar-refractivity contribution in [2.75, 3.05) is 36.0 Å². The van der Waals surface area contributed by atoms with Crippen molar-refractivity contribution in [3.8, 4) is 5.75 Å². The Morgan fingerprint density at radius 3 is 2.66 bits per heavy atom. The van der Waals surface area contributed by atoms with E-state index in [-0.39, 0.29) is 37.6 Å². The number of aromatic nitrogens is 1. The molecule has 0 saturated carbocycles. The summed E-state index contributed by atoms with van der Waals surface area (Å²) in [4.78, 5) is 19.2. The largest absolute Gasteiger partial charge is 0.489 e. The second-order valence-electron chi connectivity index (χ2n) is 8.46. The van der Waals surface area contributed by atoms with Crippen LogP contribution in [-0.2, 0) is 4.79 Å². The summed E-state index contributed by atoms with van der Waals surface area (Å²) in [5.41, 5.74) is 1.79. The minimum absolute atomic E-state index is 0.0163. The molecule has 1 N–H and O–H groups in total. The third kappa shape index (κ3) is 5.06. The standard InChI is InChI=1S/C23H27ClF2N4O2/c1-15(28-16(2)31)17-3-5-18(6-4-17)32-19-8-11-29(13-19)20-7-10-27-22(21(20)24)30-12-9-23(25,26)14-30/h3-7,10,15,19H,8-9,11-14H2,1-2H3,(H,28,31)/t15-,19+/m0/s1. The van der Waals surface area contributed by atoms with Gasteiger partial charge in [-0.15, -0.1) is 0 Å². The Bertz CT molecular complexity index is 973. The second kappa shape index (κ2) is 9.10. The van der Waals surface area contributed by atoms with Gasteiger partial charge in [0.1, 0.15) is 22.7 Å². The third-order valence-electron chi connectivity index (χ3n) is 5.91. The van der Waals surface area contributed by atoms with E-state index in [1.807, 2.05) is 37.3 Å². The van der Waals surface area contributed by atoms with Crippen molar-refractivity contribution in [2.24, 2.45) is 0 Å². The fourth-order valence-corrected chi connectivity index (χ4v) is 4.61. The summed E-state index contributed by atoms with van der Waals surface area (Å²) >= 11 is 6.59. The van der Waals surface area contributed by atoms with E-state index in [1.165, 1.54) is 6.92 Å². The Labute approximate surface area is 191 Å². The van der Waals surface area contributed by atoms with Gasteiger partial charge in [-0.25, -0.2) is 13.8 Å². The second-order valence-corrected chi connectivity index (χ2v) is 8.84. The molecule has 0 bridgehead atoms. The van der Waals surface area contributed by atoms with Gasteiger partial charge in [0.25, 0.3) is 5.92 Å². The average molecular weight is 465 g/mol. The zero-order chi connectivity index (χ0) is 22.9. The molecule has 4 rings (SSSR count). The number of carbonyl (C=O) groups excluding carboxylic acids is 1. The highest BCUT2D eigenvalue weighted by Gasteiger charge is 2.40. The summed E-state index contributed by atoms with van der Waals surface area (Å²) in [6, 6.07) is 9.45. The van der Waals surface area contributed by atoms with Crippen LogP contribution in [0.4, 0.5) is 20.3 Å². The topological polar surface area (TPSA) is 57.7 Å². The number of carbonyl (C=O) groups is 1. The van der Waals surface area contributed by atoms with Crippen LogP contribution in [0.5, 0.6) is 5.75 Å². The number of ether oxygens (including phenoxy) is 1. The highest BCUT2D eigenvalue weighted by atomic mass is 35.5. The van der Waals surface area contributed by atoms with E-state index in [1.54, 1.807) is 11.1 Å². The fourth-order valence-electron chi connectivity index (χ4n) is 4.26. The Morgan fingerprint density at radius 1 is 1.25 bits per heavy atom. The molecule has 2 aliphatic heterocycles. The van der Waals surface area contributed by atoms with Crippen LogP contribution in [0.1, 0.15) is 38.3 Å². The van der Waals surface area contributed by atoms with Gasteiger partial charge in [-0.3, -0.25) is 4.79 Å². The van der Waals surface area contributed by atoms with E-state index in [0.29, 0.717) is 17.4 Å². The number of pyridine rings is 1. The molecule has 1 aromatic heterocycles. The normalized spacial score (nSPS) is 21.0. The van der Waals surface area contributed by atoms with Crippen molar-refractivity contribution in [3.05, 3.63) is 47.1 Å². The fraction of sp³-hybridized carbons (Fsp3) is 0.478. The number of rotatable bonds is 6. The van der Waals surface area contributed by atoms with Crippen molar-refractivity contribution in [3.63, 3.8) is 0 Å². The van der Waals surface area contributed by atoms with Crippen molar-refractivity contribution in [1.29, 1.82) is 0 Å². The molecule has 0 aliphatic carbocycles. The predicted molar refractivity (Wildman–Crippen MR) is 121 cm³/mol. The minimum atomic E-state index is -2.71. The number of hydrogen-bond acceptors (Lipinski definition) is 5. The Kier molecular flexibility index (Phi) is 6.42. The van der Waals surface area contributed by atoms with Crippen LogP contribution in [0.2, 0.25) is 5.02 Å². The number of halogens is 3. The maximum atomic E-state index is 13.6. The molecule has 1 aromatic carbocycles. The molecule has 2 aromatic rings. The number of anilines is 2. The zero-order valence-corrected chi connectivity index (χ0v) is 18.9. The number of benzene rings is 1. The van der Waals surface area contributed by atoms with E-state index in [0.717, 1.165) is 30.0 Å². The summed E-state index contributed by atoms with van der Waals surface area (Å²) < 4.78 is 33.4. The lowest BCUT2D eigenvalue weighted by molar-refractivity contribution is -0.119. The SMILES string of the molecule is CC(=O)N[C@@H](C)c1ccc(O[C@@H]2CCN(c3ccnc(N4CCC(F)(F)C4)c3Cl)C2)cc1. The van der Waals surface area contributed by atoms with Gasteiger partial charge in [-0.1, -0.05) is 23.7 Å². The molecule has 0 radical (unpaired) electrons. The van der Waals surface area contributed by atoms with Crippen molar-refractivity contribution in [1.82, 2.24) is 10.3 Å². The van der Waals surface area contributed by atoms with Crippen LogP contribution in [0.15, 0.2) is 36.5 Å². The van der Waals surface area contributed by atoms with Gasteiger partial charge in [0.15, 0.2) is 0 Å². The third-order valence-corrected chi connectivity index (χ3v) is 6.27. The minimum Gasteiger partial charge on any atom is -0.489 e. The molecular weight excluding hydrogens is 438 g/mol. The summed E-state index contributed by atoms with van der Waals surface area (Å²) in [5, 5.41) is 3.27. The molecule has 9 heteroatoms. The van der Waals surface area contributed by atoms with Gasteiger partial charge >= 0.3 is 0 Å². The Balaban J connectivity index is 1.39. The molecule has 2 saturated heterocycles. The predicted octanol–water partition coefficient (Wildman–Crippen LogP) is 4.44. The first-order valence-corrected chi connectivity index (χ1v) is 11.2. The lowest BCUT2D eigenvalue weighted by Crippen LogP contribution is -2.27. The highest BCUT2D eigenvalue weighted by molar-refractivity contribution is 6.35. The van der Waals surface area contributed by atoms with Gasteiger partial charge < -0.3 is 19.9 Å². The zero-order valence-electron chi connectivity index (χ0n) is 18.2. The number of hydrogen-bond donors (Lipinski definition) is 1. The van der Waals surface area contributed by atoms with E-state index in [4.69, 9.17) is 16.3 Å². The van der Waals surface area contributed by atoms with Gasteiger partial charge in [0, 0.05) is 39.1 Å². The van der Waals surface area contributed by atoms with Gasteiger partial charge in [-0.05, 0) is 30.7 Å². The average Bonchev–Trinajstić information content (AvgIpc) is 3.34. The van der Waals surface area contributed by atoms with Gasteiger partial charge in [0.05, 0.1) is 24.8 Å². The first-order valence-electron chi connectivity index (χ1n) is 10.8. The van der Waals surface area contributed by atoms with Crippen LogP contribution in [0.3, 0.4) is 0 Å². The molecule has 3 heterocycles. The molecule has 0 spiro atoms. The first-order chi connectivity index (χ1) is 15.2. The summed E-state index contributed by atoms with van der Waals surface area (Å²) in [6.07, 6.45) is 2.24. The summed E-state index contributed by atoms with van der Waals surface area (Å²) in [6.45, 7) is 4.71. The molecule has 1 amide bonds. The molecule has 32 heavy (non-hydrogen) atoms. The molecule has 6 nitrogen and oxygen atoms in total. The quantitative estimate of drug-likeness (QED) is 0.685. The smallest absolute Gasteiger partial charge is 0.266 e. The van der Waals surface area contributed by atoms with E-state index in [2.05, 4.69) is 15.2 Å². The van der Waals surface area contributed by atoms with Gasteiger partial charge in [-0.2, -0.15) is 0 Å². The molecule has 0 unspecified atom stereocenters. The lowest BCUT2D eigenvalue weighted by atomic mass is 10.1.